The van der Waals surface area contributed by atoms with Crippen LogP contribution in [-0.2, 0) is 14.3 Å². The highest BCUT2D eigenvalue weighted by molar-refractivity contribution is 5.80. The molecule has 2 amide bonds. The molecule has 0 spiro atoms. The van der Waals surface area contributed by atoms with E-state index in [1.165, 1.54) is 6.07 Å². The Morgan fingerprint density at radius 1 is 1.24 bits per heavy atom. The molecule has 0 aromatic carbocycles. The normalized spacial score (nSPS) is 22.1. The van der Waals surface area contributed by atoms with Gasteiger partial charge in [0, 0.05) is 44.2 Å². The van der Waals surface area contributed by atoms with Gasteiger partial charge in [-0.25, -0.2) is 4.98 Å². The molecule has 0 unspecified atom stereocenters. The fourth-order valence-corrected chi connectivity index (χ4v) is 3.47. The number of amides is 2. The molecule has 1 N–H and O–H groups in total. The lowest BCUT2D eigenvalue weighted by molar-refractivity contribution is -0.146. The summed E-state index contributed by atoms with van der Waals surface area (Å²) in [6.07, 6.45) is 0.975. The summed E-state index contributed by atoms with van der Waals surface area (Å²) in [4.78, 5) is 46.5. The number of carbonyl (C=O) groups is 2. The summed E-state index contributed by atoms with van der Waals surface area (Å²) in [7, 11) is 0. The molecule has 0 radical (unpaired) electrons. The number of piperidine rings is 1. The van der Waals surface area contributed by atoms with E-state index in [4.69, 9.17) is 4.74 Å². The van der Waals surface area contributed by atoms with Crippen molar-refractivity contribution in [2.75, 3.05) is 32.8 Å². The number of hydrogen-bond acceptors (Lipinski definition) is 5. The average molecular weight is 348 g/mol. The van der Waals surface area contributed by atoms with Crippen LogP contribution < -0.4 is 5.56 Å². The molecule has 136 valence electrons. The summed E-state index contributed by atoms with van der Waals surface area (Å²) in [5.41, 5.74) is 0.411. The third-order valence-electron chi connectivity index (χ3n) is 4.86. The van der Waals surface area contributed by atoms with Gasteiger partial charge >= 0.3 is 0 Å². The van der Waals surface area contributed by atoms with Crippen LogP contribution >= 0.6 is 0 Å². The monoisotopic (exact) mass is 348 g/mol. The van der Waals surface area contributed by atoms with Crippen LogP contribution in [0.2, 0.25) is 0 Å². The van der Waals surface area contributed by atoms with E-state index in [2.05, 4.69) is 9.97 Å². The highest BCUT2D eigenvalue weighted by Gasteiger charge is 2.33. The molecule has 2 saturated heterocycles. The molecule has 25 heavy (non-hydrogen) atoms. The molecule has 0 aliphatic carbocycles. The lowest BCUT2D eigenvalue weighted by atomic mass is 9.95. The minimum absolute atomic E-state index is 0.0566. The Morgan fingerprint density at radius 2 is 1.96 bits per heavy atom. The molecule has 2 aliphatic heterocycles. The summed E-state index contributed by atoms with van der Waals surface area (Å²) < 4.78 is 5.71. The summed E-state index contributed by atoms with van der Waals surface area (Å²) in [6, 6.07) is 1.43. The largest absolute Gasteiger partial charge is 0.367 e. The molecule has 0 bridgehead atoms. The standard InChI is InChI=1S/C17H24N4O4/c1-11-9-15(23)19-16(18-11)14-10-21(7-8-25-14)17(24)13-3-5-20(6-4-13)12(2)22/h9,13-14H,3-8,10H2,1-2H3,(H,18,19,23)/t14-/m1/s1. The Hall–Kier alpha value is -2.22. The lowest BCUT2D eigenvalue weighted by Crippen LogP contribution is -2.48. The van der Waals surface area contributed by atoms with Crippen molar-refractivity contribution in [2.45, 2.75) is 32.8 Å². The quantitative estimate of drug-likeness (QED) is 0.826. The molecule has 3 heterocycles. The fourth-order valence-electron chi connectivity index (χ4n) is 3.47. The molecule has 1 aromatic heterocycles. The van der Waals surface area contributed by atoms with Gasteiger partial charge in [-0.3, -0.25) is 14.4 Å². The zero-order valence-electron chi connectivity index (χ0n) is 14.7. The summed E-state index contributed by atoms with van der Waals surface area (Å²) in [6.45, 7) is 5.92. The first-order valence-corrected chi connectivity index (χ1v) is 8.68. The number of aromatic amines is 1. The Kier molecular flexibility index (Phi) is 5.17. The summed E-state index contributed by atoms with van der Waals surface area (Å²) >= 11 is 0. The van der Waals surface area contributed by atoms with Gasteiger partial charge in [0.2, 0.25) is 11.8 Å². The number of morpholine rings is 1. The number of aryl methyl sites for hydroxylation is 1. The van der Waals surface area contributed by atoms with Gasteiger partial charge in [-0.2, -0.15) is 0 Å². The van der Waals surface area contributed by atoms with Gasteiger partial charge in [0.15, 0.2) is 0 Å². The number of carbonyl (C=O) groups excluding carboxylic acids is 2. The van der Waals surface area contributed by atoms with Gasteiger partial charge in [-0.1, -0.05) is 0 Å². The Bertz CT molecular complexity index is 709. The number of ether oxygens (including phenoxy) is 1. The number of hydrogen-bond donors (Lipinski definition) is 1. The Morgan fingerprint density at radius 3 is 2.60 bits per heavy atom. The number of likely N-dealkylation sites (tertiary alicyclic amines) is 1. The predicted molar refractivity (Wildman–Crippen MR) is 89.8 cm³/mol. The van der Waals surface area contributed by atoms with Crippen molar-refractivity contribution in [3.8, 4) is 0 Å². The van der Waals surface area contributed by atoms with Gasteiger partial charge in [0.1, 0.15) is 11.9 Å². The van der Waals surface area contributed by atoms with Crippen molar-refractivity contribution >= 4 is 11.8 Å². The molecule has 2 fully saturated rings. The van der Waals surface area contributed by atoms with Gasteiger partial charge in [0.25, 0.3) is 5.56 Å². The van der Waals surface area contributed by atoms with Crippen molar-refractivity contribution in [1.29, 1.82) is 0 Å². The number of nitrogens with zero attached hydrogens (tertiary/aromatic N) is 3. The van der Waals surface area contributed by atoms with Crippen LogP contribution in [0.15, 0.2) is 10.9 Å². The SMILES string of the molecule is CC(=O)N1CCC(C(=O)N2CCO[C@@H](c3nc(C)cc(=O)[nH]3)C2)CC1. The molecular weight excluding hydrogens is 324 g/mol. The number of H-pyrrole nitrogens is 1. The molecular formula is C17H24N4O4. The van der Waals surface area contributed by atoms with E-state index in [9.17, 15) is 14.4 Å². The maximum absolute atomic E-state index is 12.8. The van der Waals surface area contributed by atoms with Gasteiger partial charge < -0.3 is 19.5 Å². The molecule has 8 nitrogen and oxygen atoms in total. The second-order valence-corrected chi connectivity index (χ2v) is 6.70. The van der Waals surface area contributed by atoms with E-state index in [1.807, 2.05) is 0 Å². The van der Waals surface area contributed by atoms with Crippen LogP contribution in [0.5, 0.6) is 0 Å². The number of rotatable bonds is 2. The van der Waals surface area contributed by atoms with Crippen LogP contribution in [0.1, 0.15) is 37.4 Å². The summed E-state index contributed by atoms with van der Waals surface area (Å²) in [5.74, 6) is 0.575. The van der Waals surface area contributed by atoms with Crippen molar-refractivity contribution < 1.29 is 14.3 Å². The smallest absolute Gasteiger partial charge is 0.251 e. The fraction of sp³-hybridized carbons (Fsp3) is 0.647. The average Bonchev–Trinajstić information content (AvgIpc) is 2.60. The molecule has 2 aliphatic rings. The Balaban J connectivity index is 1.64. The third kappa shape index (κ3) is 4.07. The van der Waals surface area contributed by atoms with E-state index in [-0.39, 0.29) is 23.3 Å². The van der Waals surface area contributed by atoms with Gasteiger partial charge in [0.05, 0.1) is 13.2 Å². The molecule has 8 heteroatoms. The van der Waals surface area contributed by atoms with Crippen molar-refractivity contribution in [3.63, 3.8) is 0 Å². The van der Waals surface area contributed by atoms with Gasteiger partial charge in [-0.15, -0.1) is 0 Å². The third-order valence-corrected chi connectivity index (χ3v) is 4.86. The van der Waals surface area contributed by atoms with Crippen molar-refractivity contribution in [3.05, 3.63) is 27.9 Å². The second kappa shape index (κ2) is 7.35. The van der Waals surface area contributed by atoms with Crippen LogP contribution in [0.3, 0.4) is 0 Å². The van der Waals surface area contributed by atoms with E-state index < -0.39 is 6.10 Å². The van der Waals surface area contributed by atoms with Crippen LogP contribution in [0.25, 0.3) is 0 Å². The second-order valence-electron chi connectivity index (χ2n) is 6.70. The molecule has 3 rings (SSSR count). The van der Waals surface area contributed by atoms with E-state index in [0.29, 0.717) is 57.1 Å². The minimum atomic E-state index is -0.414. The molecule has 0 saturated carbocycles. The van der Waals surface area contributed by atoms with E-state index in [1.54, 1.807) is 23.6 Å². The van der Waals surface area contributed by atoms with Crippen molar-refractivity contribution in [1.82, 2.24) is 19.8 Å². The zero-order valence-corrected chi connectivity index (χ0v) is 14.7. The van der Waals surface area contributed by atoms with E-state index in [0.717, 1.165) is 0 Å². The maximum Gasteiger partial charge on any atom is 0.251 e. The lowest BCUT2D eigenvalue weighted by Gasteiger charge is -2.37. The van der Waals surface area contributed by atoms with Crippen molar-refractivity contribution in [2.24, 2.45) is 5.92 Å². The zero-order chi connectivity index (χ0) is 18.0. The maximum atomic E-state index is 12.8. The molecule has 1 aromatic rings. The van der Waals surface area contributed by atoms with Crippen LogP contribution in [0.4, 0.5) is 0 Å². The van der Waals surface area contributed by atoms with Crippen LogP contribution in [-0.4, -0.2) is 64.4 Å². The molecule has 1 atom stereocenters. The topological polar surface area (TPSA) is 95.6 Å². The first-order chi connectivity index (χ1) is 11.9. The highest BCUT2D eigenvalue weighted by atomic mass is 16.5. The van der Waals surface area contributed by atoms with Gasteiger partial charge in [-0.05, 0) is 19.8 Å². The summed E-state index contributed by atoms with van der Waals surface area (Å²) in [5, 5.41) is 0. The number of aromatic nitrogens is 2. The highest BCUT2D eigenvalue weighted by Crippen LogP contribution is 2.24. The Labute approximate surface area is 146 Å². The minimum Gasteiger partial charge on any atom is -0.367 e. The van der Waals surface area contributed by atoms with Crippen LogP contribution in [0, 0.1) is 12.8 Å². The first kappa shape index (κ1) is 17.6. The van der Waals surface area contributed by atoms with E-state index >= 15 is 0 Å². The first-order valence-electron chi connectivity index (χ1n) is 8.68. The number of nitrogens with one attached hydrogen (secondary N) is 1. The predicted octanol–water partition coefficient (Wildman–Crippen LogP) is 0.237.